The van der Waals surface area contributed by atoms with Crippen molar-refractivity contribution in [3.05, 3.63) is 77.9 Å². The van der Waals surface area contributed by atoms with E-state index in [-0.39, 0.29) is 18.6 Å². The third-order valence-electron chi connectivity index (χ3n) is 6.63. The van der Waals surface area contributed by atoms with Crippen LogP contribution in [0.2, 0.25) is 0 Å². The Morgan fingerprint density at radius 1 is 1.19 bits per heavy atom. The van der Waals surface area contributed by atoms with Gasteiger partial charge < -0.3 is 19.7 Å². The van der Waals surface area contributed by atoms with Crippen LogP contribution in [0.25, 0.3) is 11.1 Å². The molecule has 2 N–H and O–H groups in total. The van der Waals surface area contributed by atoms with E-state index in [1.807, 2.05) is 42.1 Å². The molecule has 0 spiro atoms. The Hall–Kier alpha value is -3.12. The average Bonchev–Trinajstić information content (AvgIpc) is 3.34. The van der Waals surface area contributed by atoms with Crippen LogP contribution < -0.4 is 5.32 Å². The lowest BCUT2D eigenvalue weighted by Gasteiger charge is -2.36. The molecule has 2 aliphatic rings. The zero-order valence-corrected chi connectivity index (χ0v) is 17.6. The van der Waals surface area contributed by atoms with Gasteiger partial charge in [-0.15, -0.1) is 0 Å². The lowest BCUT2D eigenvalue weighted by Crippen LogP contribution is -2.45. The molecule has 1 amide bonds. The number of carbonyl (C=O) groups excluding carboxylic acids is 1. The molecule has 0 saturated heterocycles. The molecule has 31 heavy (non-hydrogen) atoms. The minimum Gasteiger partial charge on any atom is -0.449 e. The predicted molar refractivity (Wildman–Crippen MR) is 118 cm³/mol. The van der Waals surface area contributed by atoms with Crippen LogP contribution in [0.3, 0.4) is 0 Å². The SMILES string of the molecule is Cn1ccnc1[C@@]1(O)CCC[C@H](NC(=O)OCC2c3ccccc3-c3ccccc32)C1. The summed E-state index contributed by atoms with van der Waals surface area (Å²) >= 11 is 0. The van der Waals surface area contributed by atoms with Gasteiger partial charge in [0.2, 0.25) is 0 Å². The third kappa shape index (κ3) is 3.61. The number of aromatic nitrogens is 2. The molecular formula is C25H27N3O3. The van der Waals surface area contributed by atoms with Gasteiger partial charge >= 0.3 is 6.09 Å². The molecule has 1 aromatic heterocycles. The molecule has 0 unspecified atom stereocenters. The van der Waals surface area contributed by atoms with E-state index in [9.17, 15) is 9.90 Å². The third-order valence-corrected chi connectivity index (χ3v) is 6.63. The molecule has 1 fully saturated rings. The Balaban J connectivity index is 1.24. The second kappa shape index (κ2) is 7.85. The zero-order chi connectivity index (χ0) is 21.4. The maximum absolute atomic E-state index is 12.6. The van der Waals surface area contributed by atoms with Crippen LogP contribution in [0.4, 0.5) is 4.79 Å². The molecule has 1 saturated carbocycles. The van der Waals surface area contributed by atoms with Gasteiger partial charge in [0.1, 0.15) is 18.0 Å². The summed E-state index contributed by atoms with van der Waals surface area (Å²) in [4.78, 5) is 16.9. The summed E-state index contributed by atoms with van der Waals surface area (Å²) in [5.41, 5.74) is 3.77. The number of fused-ring (bicyclic) bond motifs is 3. The van der Waals surface area contributed by atoms with Crippen LogP contribution in [0.15, 0.2) is 60.9 Å². The van der Waals surface area contributed by atoms with Gasteiger partial charge in [0.15, 0.2) is 0 Å². The summed E-state index contributed by atoms with van der Waals surface area (Å²) in [5, 5.41) is 14.1. The minimum atomic E-state index is -1.03. The van der Waals surface area contributed by atoms with Gasteiger partial charge in [-0.25, -0.2) is 9.78 Å². The molecule has 1 heterocycles. The quantitative estimate of drug-likeness (QED) is 0.670. The molecule has 160 valence electrons. The number of aliphatic hydroxyl groups is 1. The maximum Gasteiger partial charge on any atom is 0.407 e. The Bertz CT molecular complexity index is 1060. The number of alkyl carbamates (subject to hydrolysis) is 1. The average molecular weight is 418 g/mol. The van der Waals surface area contributed by atoms with Crippen LogP contribution >= 0.6 is 0 Å². The standard InChI is InChI=1S/C25H27N3O3/c1-28-14-13-26-23(28)25(30)12-6-7-17(15-25)27-24(29)31-16-22-20-10-4-2-8-18(20)19-9-3-5-11-21(19)22/h2-5,8-11,13-14,17,22,30H,6-7,12,15-16H2,1H3,(H,27,29)/t17-,25+/m0/s1. The highest BCUT2D eigenvalue weighted by atomic mass is 16.5. The van der Waals surface area contributed by atoms with Gasteiger partial charge in [0.25, 0.3) is 0 Å². The summed E-state index contributed by atoms with van der Waals surface area (Å²) < 4.78 is 7.52. The van der Waals surface area contributed by atoms with Crippen molar-refractivity contribution < 1.29 is 14.6 Å². The van der Waals surface area contributed by atoms with Crippen molar-refractivity contribution in [1.29, 1.82) is 0 Å². The first-order chi connectivity index (χ1) is 15.0. The molecule has 0 bridgehead atoms. The second-order valence-electron chi connectivity index (χ2n) is 8.66. The Labute approximate surface area is 181 Å². The number of aryl methyl sites for hydroxylation is 1. The number of hydrogen-bond acceptors (Lipinski definition) is 4. The smallest absolute Gasteiger partial charge is 0.407 e. The second-order valence-corrected chi connectivity index (χ2v) is 8.66. The molecule has 2 aromatic carbocycles. The van der Waals surface area contributed by atoms with Crippen LogP contribution in [0.1, 0.15) is 48.6 Å². The molecule has 2 atom stereocenters. The fourth-order valence-electron chi connectivity index (χ4n) is 5.20. The van der Waals surface area contributed by atoms with Gasteiger partial charge in [-0.05, 0) is 41.5 Å². The van der Waals surface area contributed by atoms with E-state index in [2.05, 4.69) is 34.6 Å². The van der Waals surface area contributed by atoms with Gasteiger partial charge in [-0.2, -0.15) is 0 Å². The molecule has 0 aliphatic heterocycles. The van der Waals surface area contributed by atoms with E-state index >= 15 is 0 Å². The number of carbonyl (C=O) groups is 1. The highest BCUT2D eigenvalue weighted by molar-refractivity contribution is 5.79. The summed E-state index contributed by atoms with van der Waals surface area (Å²) in [6, 6.07) is 16.4. The maximum atomic E-state index is 12.6. The normalized spacial score (nSPS) is 22.6. The highest BCUT2D eigenvalue weighted by Gasteiger charge is 2.39. The van der Waals surface area contributed by atoms with Crippen molar-refractivity contribution in [2.75, 3.05) is 6.61 Å². The Morgan fingerprint density at radius 2 is 1.87 bits per heavy atom. The molecule has 6 nitrogen and oxygen atoms in total. The lowest BCUT2D eigenvalue weighted by molar-refractivity contribution is -0.0220. The van der Waals surface area contributed by atoms with E-state index in [1.165, 1.54) is 22.3 Å². The molecule has 3 aromatic rings. The number of imidazole rings is 1. The first-order valence-electron chi connectivity index (χ1n) is 10.9. The number of ether oxygens (including phenoxy) is 1. The van der Waals surface area contributed by atoms with Crippen LogP contribution in [-0.2, 0) is 17.4 Å². The van der Waals surface area contributed by atoms with Crippen molar-refractivity contribution in [2.45, 2.75) is 43.2 Å². The van der Waals surface area contributed by atoms with E-state index in [0.717, 1.165) is 12.8 Å². The fraction of sp³-hybridized carbons (Fsp3) is 0.360. The van der Waals surface area contributed by atoms with Gasteiger partial charge in [-0.3, -0.25) is 0 Å². The van der Waals surface area contributed by atoms with Crippen molar-refractivity contribution in [1.82, 2.24) is 14.9 Å². The van der Waals surface area contributed by atoms with Gasteiger partial charge in [-0.1, -0.05) is 48.5 Å². The molecular weight excluding hydrogens is 390 g/mol. The Kier molecular flexibility index (Phi) is 5.02. The predicted octanol–water partition coefficient (Wildman–Crippen LogP) is 4.09. The first-order valence-corrected chi connectivity index (χ1v) is 10.9. The monoisotopic (exact) mass is 417 g/mol. The number of rotatable bonds is 4. The van der Waals surface area contributed by atoms with Crippen LogP contribution in [0, 0.1) is 0 Å². The lowest BCUT2D eigenvalue weighted by atomic mass is 9.81. The van der Waals surface area contributed by atoms with Crippen LogP contribution in [0.5, 0.6) is 0 Å². The summed E-state index contributed by atoms with van der Waals surface area (Å²) in [6.45, 7) is 0.288. The summed E-state index contributed by atoms with van der Waals surface area (Å²) in [6.07, 6.45) is 5.79. The van der Waals surface area contributed by atoms with E-state index in [1.54, 1.807) is 6.20 Å². The largest absolute Gasteiger partial charge is 0.449 e. The molecule has 5 rings (SSSR count). The van der Waals surface area contributed by atoms with Crippen molar-refractivity contribution in [3.63, 3.8) is 0 Å². The molecule has 0 radical (unpaired) electrons. The summed E-state index contributed by atoms with van der Waals surface area (Å²) in [5.74, 6) is 0.681. The van der Waals surface area contributed by atoms with Gasteiger partial charge in [0.05, 0.1) is 0 Å². The Morgan fingerprint density at radius 3 is 2.52 bits per heavy atom. The fourth-order valence-corrected chi connectivity index (χ4v) is 5.20. The number of nitrogens with one attached hydrogen (secondary N) is 1. The zero-order valence-electron chi connectivity index (χ0n) is 17.6. The minimum absolute atomic E-state index is 0.0361. The summed E-state index contributed by atoms with van der Waals surface area (Å²) in [7, 11) is 1.88. The van der Waals surface area contributed by atoms with E-state index in [0.29, 0.717) is 18.7 Å². The number of nitrogens with zero attached hydrogens (tertiary/aromatic N) is 2. The van der Waals surface area contributed by atoms with Crippen molar-refractivity contribution in [3.8, 4) is 11.1 Å². The van der Waals surface area contributed by atoms with E-state index in [4.69, 9.17) is 4.74 Å². The number of hydrogen-bond donors (Lipinski definition) is 2. The topological polar surface area (TPSA) is 76.4 Å². The van der Waals surface area contributed by atoms with Crippen molar-refractivity contribution >= 4 is 6.09 Å². The highest BCUT2D eigenvalue weighted by Crippen LogP contribution is 2.44. The van der Waals surface area contributed by atoms with E-state index < -0.39 is 11.7 Å². The van der Waals surface area contributed by atoms with Crippen molar-refractivity contribution in [2.24, 2.45) is 7.05 Å². The number of amides is 1. The van der Waals surface area contributed by atoms with Gasteiger partial charge in [0, 0.05) is 37.8 Å². The first kappa shape index (κ1) is 19.8. The molecule has 2 aliphatic carbocycles. The van der Waals surface area contributed by atoms with Crippen LogP contribution in [-0.4, -0.2) is 33.4 Å². The number of benzene rings is 2. The molecule has 6 heteroatoms.